The molecule has 4 rings (SSSR count). The van der Waals surface area contributed by atoms with E-state index in [2.05, 4.69) is 99.0 Å². The molecule has 4 aliphatic carbocycles. The van der Waals surface area contributed by atoms with Crippen LogP contribution in [0.1, 0.15) is 144 Å². The van der Waals surface area contributed by atoms with Crippen LogP contribution < -0.4 is 0 Å². The molecule has 0 aliphatic heterocycles. The summed E-state index contributed by atoms with van der Waals surface area (Å²) in [5.74, 6) is 16.9. The van der Waals surface area contributed by atoms with Gasteiger partial charge in [0, 0.05) is 19.3 Å². The number of carbonyl (C=O) groups is 1. The Balaban J connectivity index is 1.21. The Kier molecular flexibility index (Phi) is 15.7. The van der Waals surface area contributed by atoms with Crippen LogP contribution in [-0.2, 0) is 9.53 Å². The maximum Gasteiger partial charge on any atom is 0.306 e. The molecule has 0 aromatic rings. The smallest absolute Gasteiger partial charge is 0.306 e. The molecule has 3 fully saturated rings. The minimum atomic E-state index is -0.0511. The number of hydrogen-bond donors (Lipinski definition) is 0. The number of esters is 1. The van der Waals surface area contributed by atoms with Crippen LogP contribution in [0.2, 0.25) is 0 Å². The van der Waals surface area contributed by atoms with Gasteiger partial charge in [0.05, 0.1) is 0 Å². The third-order valence-electron chi connectivity index (χ3n) is 13.5. The second kappa shape index (κ2) is 19.4. The van der Waals surface area contributed by atoms with Gasteiger partial charge in [-0.3, -0.25) is 4.79 Å². The van der Waals surface area contributed by atoms with Crippen molar-refractivity contribution in [1.82, 2.24) is 0 Å². The number of halogens is 1. The zero-order valence-electron chi connectivity index (χ0n) is 31.5. The Morgan fingerprint density at radius 1 is 1.00 bits per heavy atom. The van der Waals surface area contributed by atoms with E-state index < -0.39 is 0 Å². The number of allylic oxidation sites excluding steroid dienone is 7. The number of fused-ring (bicyclic) bond motifs is 5. The lowest BCUT2D eigenvalue weighted by atomic mass is 9.47. The Labute approximate surface area is 309 Å². The highest BCUT2D eigenvalue weighted by Crippen LogP contribution is 2.67. The van der Waals surface area contributed by atoms with Gasteiger partial charge in [0.15, 0.2) is 0 Å². The summed E-state index contributed by atoms with van der Waals surface area (Å²) in [6, 6.07) is 0. The number of rotatable bonds is 14. The molecule has 0 aromatic heterocycles. The third-order valence-corrected chi connectivity index (χ3v) is 13.8. The van der Waals surface area contributed by atoms with Crippen molar-refractivity contribution in [2.75, 3.05) is 0 Å². The molecule has 0 aromatic carbocycles. The molecule has 49 heavy (non-hydrogen) atoms. The van der Waals surface area contributed by atoms with Crippen molar-refractivity contribution < 1.29 is 9.53 Å². The molecule has 0 radical (unpaired) electrons. The molecular formula is C46H65BrO2. The zero-order chi connectivity index (χ0) is 35.3. The van der Waals surface area contributed by atoms with E-state index in [1.54, 1.807) is 16.6 Å². The standard InChI is InChI=1S/C46H65BrO2/c1-7-37(8-2)35(3)23-24-36(4)41-27-28-42-40-26-25-38-34-39(29-31-45(38,5)43(40)30-32-46(41,42)6)49-44(48)22-20-18-16-14-12-10-9-11-13-15-17-19-21-33-47/h10,12-13,15,21,25,33,36-37,39-43H,3,7-9,11,18,20,22-24,26-32,34H2,1-2,4-6H3. The first-order chi connectivity index (χ1) is 23.7. The van der Waals surface area contributed by atoms with Gasteiger partial charge in [0.1, 0.15) is 6.10 Å². The SMILES string of the molecule is C=C(CCC(C)C1CCC2C3CC=C4CC(OC(=O)CCCC#CC=CCCC=CC#CC=CBr)CCC4(C)C3CCC12C)C(CC)CC. The number of carbonyl (C=O) groups excluding carboxylic acids is 1. The number of unbranched alkanes of at least 4 members (excludes halogenated alkanes) is 2. The van der Waals surface area contributed by atoms with Gasteiger partial charge < -0.3 is 4.74 Å². The Morgan fingerprint density at radius 3 is 2.47 bits per heavy atom. The predicted molar refractivity (Wildman–Crippen MR) is 212 cm³/mol. The molecule has 8 unspecified atom stereocenters. The van der Waals surface area contributed by atoms with Gasteiger partial charge in [-0.2, -0.15) is 0 Å². The van der Waals surface area contributed by atoms with Gasteiger partial charge >= 0.3 is 5.97 Å². The van der Waals surface area contributed by atoms with Crippen LogP contribution in [0.3, 0.4) is 0 Å². The van der Waals surface area contributed by atoms with E-state index in [0.717, 1.165) is 74.5 Å². The molecule has 2 nitrogen and oxygen atoms in total. The normalized spacial score (nSPS) is 31.3. The second-order valence-electron chi connectivity index (χ2n) is 16.2. The van der Waals surface area contributed by atoms with Crippen LogP contribution >= 0.6 is 15.9 Å². The van der Waals surface area contributed by atoms with Crippen LogP contribution in [-0.4, -0.2) is 12.1 Å². The average Bonchev–Trinajstić information content (AvgIpc) is 3.45. The maximum atomic E-state index is 12.8. The van der Waals surface area contributed by atoms with Crippen molar-refractivity contribution in [3.8, 4) is 23.7 Å². The molecule has 0 amide bonds. The molecule has 3 heteroatoms. The van der Waals surface area contributed by atoms with Crippen LogP contribution in [0.4, 0.5) is 0 Å². The van der Waals surface area contributed by atoms with Gasteiger partial charge in [-0.25, -0.2) is 0 Å². The highest BCUT2D eigenvalue weighted by Gasteiger charge is 2.59. The fourth-order valence-corrected chi connectivity index (χ4v) is 10.8. The monoisotopic (exact) mass is 728 g/mol. The van der Waals surface area contributed by atoms with Crippen molar-refractivity contribution in [2.45, 2.75) is 150 Å². The van der Waals surface area contributed by atoms with Crippen LogP contribution in [0, 0.1) is 70.0 Å². The van der Waals surface area contributed by atoms with E-state index in [0.29, 0.717) is 17.8 Å². The Hall–Kier alpha value is -2.23. The van der Waals surface area contributed by atoms with Crippen LogP contribution in [0.25, 0.3) is 0 Å². The van der Waals surface area contributed by atoms with Gasteiger partial charge in [0.2, 0.25) is 0 Å². The topological polar surface area (TPSA) is 26.3 Å². The van der Waals surface area contributed by atoms with Crippen LogP contribution in [0.5, 0.6) is 0 Å². The number of ether oxygens (including phenoxy) is 1. The summed E-state index contributed by atoms with van der Waals surface area (Å²) in [6.07, 6.45) is 31.1. The van der Waals surface area contributed by atoms with Crippen molar-refractivity contribution in [3.63, 3.8) is 0 Å². The maximum absolute atomic E-state index is 12.8. The first-order valence-corrected chi connectivity index (χ1v) is 20.7. The first-order valence-electron chi connectivity index (χ1n) is 19.8. The molecule has 3 saturated carbocycles. The summed E-state index contributed by atoms with van der Waals surface area (Å²) >= 11 is 3.20. The van der Waals surface area contributed by atoms with E-state index in [-0.39, 0.29) is 17.5 Å². The summed E-state index contributed by atoms with van der Waals surface area (Å²) < 4.78 is 6.06. The summed E-state index contributed by atoms with van der Waals surface area (Å²) in [5, 5.41) is 0. The van der Waals surface area contributed by atoms with Gasteiger partial charge in [-0.1, -0.05) is 110 Å². The van der Waals surface area contributed by atoms with E-state index >= 15 is 0 Å². The van der Waals surface area contributed by atoms with Gasteiger partial charge in [-0.05, 0) is 159 Å². The quantitative estimate of drug-likeness (QED) is 0.0770. The fourth-order valence-electron chi connectivity index (χ4n) is 10.7. The number of hydrogen-bond acceptors (Lipinski definition) is 2. The molecule has 0 N–H and O–H groups in total. The second-order valence-corrected chi connectivity index (χ2v) is 16.7. The minimum absolute atomic E-state index is 0.0404. The van der Waals surface area contributed by atoms with E-state index in [1.807, 2.05) is 12.2 Å². The molecule has 268 valence electrons. The summed E-state index contributed by atoms with van der Waals surface area (Å²) in [5.41, 5.74) is 3.86. The first kappa shape index (κ1) is 39.6. The molecule has 8 atom stereocenters. The lowest BCUT2D eigenvalue weighted by Crippen LogP contribution is -2.51. The van der Waals surface area contributed by atoms with Gasteiger partial charge in [0.25, 0.3) is 0 Å². The van der Waals surface area contributed by atoms with Crippen LogP contribution in [0.15, 0.2) is 59.2 Å². The molecule has 0 bridgehead atoms. The van der Waals surface area contributed by atoms with E-state index in [1.165, 1.54) is 63.4 Å². The minimum Gasteiger partial charge on any atom is -0.462 e. The Bertz CT molecular complexity index is 1350. The highest BCUT2D eigenvalue weighted by atomic mass is 79.9. The molecule has 4 aliphatic rings. The van der Waals surface area contributed by atoms with Crippen molar-refractivity contribution >= 4 is 21.9 Å². The van der Waals surface area contributed by atoms with Gasteiger partial charge in [-0.15, -0.1) is 0 Å². The van der Waals surface area contributed by atoms with E-state index in [4.69, 9.17) is 4.74 Å². The fraction of sp³-hybridized carbons (Fsp3) is 0.674. The van der Waals surface area contributed by atoms with Crippen molar-refractivity contribution in [3.05, 3.63) is 59.2 Å². The summed E-state index contributed by atoms with van der Waals surface area (Å²) in [7, 11) is 0. The molecular weight excluding hydrogens is 664 g/mol. The lowest BCUT2D eigenvalue weighted by molar-refractivity contribution is -0.151. The van der Waals surface area contributed by atoms with Crippen molar-refractivity contribution in [2.24, 2.45) is 46.3 Å². The summed E-state index contributed by atoms with van der Waals surface area (Å²) in [6.45, 7) is 17.0. The third kappa shape index (κ3) is 10.2. The average molecular weight is 730 g/mol. The summed E-state index contributed by atoms with van der Waals surface area (Å²) in [4.78, 5) is 14.5. The predicted octanol–water partition coefficient (Wildman–Crippen LogP) is 12.9. The zero-order valence-corrected chi connectivity index (χ0v) is 33.1. The highest BCUT2D eigenvalue weighted by molar-refractivity contribution is 9.11. The van der Waals surface area contributed by atoms with E-state index in [9.17, 15) is 4.79 Å². The Morgan fingerprint density at radius 2 is 1.73 bits per heavy atom. The lowest BCUT2D eigenvalue weighted by Gasteiger charge is -2.58. The molecule has 0 spiro atoms. The van der Waals surface area contributed by atoms with Crippen molar-refractivity contribution in [1.29, 1.82) is 0 Å². The molecule has 0 heterocycles. The largest absolute Gasteiger partial charge is 0.462 e. The molecule has 0 saturated heterocycles.